The van der Waals surface area contributed by atoms with E-state index in [4.69, 9.17) is 5.11 Å². The SMILES string of the molecule is CC1(C)NC(=O)N(CC(=O)N2CC[C@H](C(=O)O)C2)C1=O. The Morgan fingerprint density at radius 1 is 1.40 bits per heavy atom. The summed E-state index contributed by atoms with van der Waals surface area (Å²) in [6.07, 6.45) is 0.396. The first-order chi connectivity index (χ1) is 9.22. The highest BCUT2D eigenvalue weighted by Gasteiger charge is 2.45. The summed E-state index contributed by atoms with van der Waals surface area (Å²) in [5, 5.41) is 11.4. The first-order valence-electron chi connectivity index (χ1n) is 6.37. The van der Waals surface area contributed by atoms with Crippen LogP contribution < -0.4 is 5.32 Å². The number of hydrogen-bond acceptors (Lipinski definition) is 4. The van der Waals surface area contributed by atoms with E-state index < -0.39 is 35.3 Å². The molecule has 110 valence electrons. The number of nitrogens with zero attached hydrogens (tertiary/aromatic N) is 2. The van der Waals surface area contributed by atoms with Gasteiger partial charge in [-0.05, 0) is 20.3 Å². The van der Waals surface area contributed by atoms with Crippen LogP contribution in [0.5, 0.6) is 0 Å². The van der Waals surface area contributed by atoms with Crippen molar-refractivity contribution in [3.8, 4) is 0 Å². The second kappa shape index (κ2) is 4.77. The molecule has 2 aliphatic heterocycles. The maximum Gasteiger partial charge on any atom is 0.325 e. The minimum atomic E-state index is -1.01. The van der Waals surface area contributed by atoms with E-state index >= 15 is 0 Å². The number of carboxylic acid groups (broad SMARTS) is 1. The Balaban J connectivity index is 1.98. The number of amides is 4. The third-order valence-corrected chi connectivity index (χ3v) is 3.63. The smallest absolute Gasteiger partial charge is 0.325 e. The largest absolute Gasteiger partial charge is 0.481 e. The molecule has 2 N–H and O–H groups in total. The second-order valence-corrected chi connectivity index (χ2v) is 5.61. The van der Waals surface area contributed by atoms with Gasteiger partial charge in [-0.3, -0.25) is 19.3 Å². The zero-order valence-electron chi connectivity index (χ0n) is 11.4. The first kappa shape index (κ1) is 14.3. The molecule has 4 amide bonds. The zero-order valence-corrected chi connectivity index (χ0v) is 11.4. The molecule has 0 unspecified atom stereocenters. The quantitative estimate of drug-likeness (QED) is 0.663. The molecule has 8 heteroatoms. The summed E-state index contributed by atoms with van der Waals surface area (Å²) in [7, 11) is 0. The number of carboxylic acids is 1. The second-order valence-electron chi connectivity index (χ2n) is 5.61. The number of likely N-dealkylation sites (tertiary alicyclic amines) is 1. The molecule has 0 bridgehead atoms. The fraction of sp³-hybridized carbons (Fsp3) is 0.667. The van der Waals surface area contributed by atoms with Crippen molar-refractivity contribution in [3.05, 3.63) is 0 Å². The third kappa shape index (κ3) is 2.45. The molecule has 2 rings (SSSR count). The van der Waals surface area contributed by atoms with E-state index in [0.717, 1.165) is 4.90 Å². The van der Waals surface area contributed by atoms with Crippen molar-refractivity contribution >= 4 is 23.8 Å². The summed E-state index contributed by atoms with van der Waals surface area (Å²) in [6.45, 7) is 3.24. The molecule has 20 heavy (non-hydrogen) atoms. The van der Waals surface area contributed by atoms with Gasteiger partial charge in [-0.15, -0.1) is 0 Å². The molecule has 0 aromatic carbocycles. The molecule has 2 fully saturated rings. The molecule has 2 saturated heterocycles. The Hall–Kier alpha value is -2.12. The Morgan fingerprint density at radius 2 is 2.05 bits per heavy atom. The van der Waals surface area contributed by atoms with Crippen LogP contribution in [0.2, 0.25) is 0 Å². The predicted molar refractivity (Wildman–Crippen MR) is 66.6 cm³/mol. The number of carbonyl (C=O) groups excluding carboxylic acids is 3. The number of rotatable bonds is 3. The number of urea groups is 1. The van der Waals surface area contributed by atoms with Gasteiger partial charge < -0.3 is 15.3 Å². The van der Waals surface area contributed by atoms with Crippen molar-refractivity contribution in [1.29, 1.82) is 0 Å². The molecule has 0 aromatic rings. The van der Waals surface area contributed by atoms with Crippen LogP contribution in [-0.4, -0.2) is 63.9 Å². The molecule has 0 aromatic heterocycles. The lowest BCUT2D eigenvalue weighted by Gasteiger charge is -2.20. The van der Waals surface area contributed by atoms with Crippen molar-refractivity contribution in [2.75, 3.05) is 19.6 Å². The average Bonchev–Trinajstić information content (AvgIpc) is 2.89. The van der Waals surface area contributed by atoms with Gasteiger partial charge in [0.25, 0.3) is 5.91 Å². The van der Waals surface area contributed by atoms with Crippen LogP contribution in [0.4, 0.5) is 4.79 Å². The van der Waals surface area contributed by atoms with Crippen molar-refractivity contribution in [2.45, 2.75) is 25.8 Å². The lowest BCUT2D eigenvalue weighted by molar-refractivity contribution is -0.142. The molecular formula is C12H17N3O5. The van der Waals surface area contributed by atoms with Gasteiger partial charge in [0.1, 0.15) is 12.1 Å². The summed E-state index contributed by atoms with van der Waals surface area (Å²) in [5.74, 6) is -2.37. The van der Waals surface area contributed by atoms with Gasteiger partial charge >= 0.3 is 12.0 Å². The van der Waals surface area contributed by atoms with E-state index in [2.05, 4.69) is 5.32 Å². The van der Waals surface area contributed by atoms with Crippen LogP contribution in [0.3, 0.4) is 0 Å². The maximum atomic E-state index is 12.0. The summed E-state index contributed by atoms with van der Waals surface area (Å²) in [6, 6.07) is -0.595. The Labute approximate surface area is 115 Å². The Bertz CT molecular complexity index is 487. The summed E-state index contributed by atoms with van der Waals surface area (Å²) >= 11 is 0. The van der Waals surface area contributed by atoms with E-state index in [1.807, 2.05) is 0 Å². The molecular weight excluding hydrogens is 266 g/mol. The van der Waals surface area contributed by atoms with Gasteiger partial charge in [-0.25, -0.2) is 4.79 Å². The fourth-order valence-electron chi connectivity index (χ4n) is 2.39. The van der Waals surface area contributed by atoms with Crippen molar-refractivity contribution in [2.24, 2.45) is 5.92 Å². The standard InChI is InChI=1S/C12H17N3O5/c1-12(2)10(19)15(11(20)13-12)6-8(16)14-4-3-7(5-14)9(17)18/h7H,3-6H2,1-2H3,(H,13,20)(H,17,18)/t7-/m0/s1. The van der Waals surface area contributed by atoms with Crippen molar-refractivity contribution < 1.29 is 24.3 Å². The van der Waals surface area contributed by atoms with Gasteiger partial charge in [0.15, 0.2) is 0 Å². The van der Waals surface area contributed by atoms with Gasteiger partial charge in [0, 0.05) is 13.1 Å². The highest BCUT2D eigenvalue weighted by molar-refractivity contribution is 6.08. The number of aliphatic carboxylic acids is 1. The van der Waals surface area contributed by atoms with E-state index in [1.165, 1.54) is 4.90 Å². The first-order valence-corrected chi connectivity index (χ1v) is 6.37. The van der Waals surface area contributed by atoms with Gasteiger partial charge in [-0.1, -0.05) is 0 Å². The van der Waals surface area contributed by atoms with Crippen LogP contribution >= 0.6 is 0 Å². The highest BCUT2D eigenvalue weighted by Crippen LogP contribution is 2.19. The van der Waals surface area contributed by atoms with Crippen LogP contribution in [0.25, 0.3) is 0 Å². The van der Waals surface area contributed by atoms with Crippen LogP contribution in [0.15, 0.2) is 0 Å². The van der Waals surface area contributed by atoms with Gasteiger partial charge in [0.2, 0.25) is 5.91 Å². The van der Waals surface area contributed by atoms with Gasteiger partial charge in [-0.2, -0.15) is 0 Å². The van der Waals surface area contributed by atoms with Gasteiger partial charge in [0.05, 0.1) is 5.92 Å². The summed E-state index contributed by atoms with van der Waals surface area (Å²) in [4.78, 5) is 48.7. The highest BCUT2D eigenvalue weighted by atomic mass is 16.4. The number of carbonyl (C=O) groups is 4. The number of imide groups is 1. The average molecular weight is 283 g/mol. The lowest BCUT2D eigenvalue weighted by Crippen LogP contribution is -2.44. The van der Waals surface area contributed by atoms with Crippen LogP contribution in [0.1, 0.15) is 20.3 Å². The zero-order chi connectivity index (χ0) is 15.1. The molecule has 1 atom stereocenters. The third-order valence-electron chi connectivity index (χ3n) is 3.63. The van der Waals surface area contributed by atoms with Crippen LogP contribution in [0, 0.1) is 5.92 Å². The number of hydrogen-bond donors (Lipinski definition) is 2. The van der Waals surface area contributed by atoms with Crippen molar-refractivity contribution in [1.82, 2.24) is 15.1 Å². The van der Waals surface area contributed by atoms with Crippen molar-refractivity contribution in [3.63, 3.8) is 0 Å². The fourth-order valence-corrected chi connectivity index (χ4v) is 2.39. The predicted octanol–water partition coefficient (Wildman–Crippen LogP) is -0.750. The minimum Gasteiger partial charge on any atom is -0.481 e. The maximum absolute atomic E-state index is 12.0. The normalized spacial score (nSPS) is 25.0. The molecule has 0 radical (unpaired) electrons. The lowest BCUT2D eigenvalue weighted by atomic mass is 10.1. The van der Waals surface area contributed by atoms with Crippen LogP contribution in [-0.2, 0) is 14.4 Å². The van der Waals surface area contributed by atoms with E-state index in [-0.39, 0.29) is 13.1 Å². The Morgan fingerprint density at radius 3 is 2.50 bits per heavy atom. The summed E-state index contributed by atoms with van der Waals surface area (Å²) in [5.41, 5.74) is -1.01. The summed E-state index contributed by atoms with van der Waals surface area (Å²) < 4.78 is 0. The number of nitrogens with one attached hydrogen (secondary N) is 1. The molecule has 2 heterocycles. The van der Waals surface area contributed by atoms with E-state index in [0.29, 0.717) is 13.0 Å². The molecule has 0 aliphatic carbocycles. The molecule has 2 aliphatic rings. The van der Waals surface area contributed by atoms with E-state index in [1.54, 1.807) is 13.8 Å². The molecule has 0 spiro atoms. The topological polar surface area (TPSA) is 107 Å². The monoisotopic (exact) mass is 283 g/mol. The Kier molecular flexibility index (Phi) is 3.41. The molecule has 0 saturated carbocycles. The minimum absolute atomic E-state index is 0.126. The molecule has 8 nitrogen and oxygen atoms in total. The van der Waals surface area contributed by atoms with E-state index in [9.17, 15) is 19.2 Å².